The van der Waals surface area contributed by atoms with Gasteiger partial charge in [-0.15, -0.1) is 11.3 Å². The van der Waals surface area contributed by atoms with Crippen molar-refractivity contribution in [2.75, 3.05) is 16.8 Å². The summed E-state index contributed by atoms with van der Waals surface area (Å²) in [6.07, 6.45) is 0. The molecule has 2 amide bonds. The molecule has 5 nitrogen and oxygen atoms in total. The van der Waals surface area contributed by atoms with Gasteiger partial charge in [0.1, 0.15) is 0 Å². The van der Waals surface area contributed by atoms with Crippen LogP contribution in [0.3, 0.4) is 0 Å². The molecule has 0 bridgehead atoms. The zero-order valence-corrected chi connectivity index (χ0v) is 10.8. The molecule has 96 valence electrons. The summed E-state index contributed by atoms with van der Waals surface area (Å²) < 4.78 is 1.97. The van der Waals surface area contributed by atoms with Gasteiger partial charge < -0.3 is 22.5 Å². The smallest absolute Gasteiger partial charge is 0.316 e. The van der Waals surface area contributed by atoms with E-state index in [-0.39, 0.29) is 0 Å². The summed E-state index contributed by atoms with van der Waals surface area (Å²) >= 11 is 1.55. The van der Waals surface area contributed by atoms with Crippen LogP contribution in [0.15, 0.2) is 30.3 Å². The second-order valence-corrected chi connectivity index (χ2v) is 5.27. The minimum Gasteiger partial charge on any atom is -0.398 e. The first-order valence-electron chi connectivity index (χ1n) is 5.63. The molecule has 3 rings (SSSR count). The molecule has 0 aliphatic carbocycles. The lowest BCUT2D eigenvalue weighted by molar-refractivity contribution is 0.259. The van der Waals surface area contributed by atoms with Crippen molar-refractivity contribution in [1.82, 2.24) is 0 Å². The van der Waals surface area contributed by atoms with E-state index >= 15 is 0 Å². The van der Waals surface area contributed by atoms with Crippen LogP contribution in [0.1, 0.15) is 0 Å². The van der Waals surface area contributed by atoms with Crippen LogP contribution in [-0.2, 0) is 0 Å². The van der Waals surface area contributed by atoms with E-state index in [9.17, 15) is 4.79 Å². The highest BCUT2D eigenvalue weighted by molar-refractivity contribution is 7.26. The lowest BCUT2D eigenvalue weighted by Gasteiger charge is -2.09. The lowest BCUT2D eigenvalue weighted by atomic mass is 10.1. The van der Waals surface area contributed by atoms with Gasteiger partial charge >= 0.3 is 6.03 Å². The second kappa shape index (κ2) is 4.03. The van der Waals surface area contributed by atoms with Crippen LogP contribution in [0.5, 0.6) is 0 Å². The quantitative estimate of drug-likeness (QED) is 0.511. The molecule has 0 saturated heterocycles. The third kappa shape index (κ3) is 1.73. The predicted octanol–water partition coefficient (Wildman–Crippen LogP) is 2.71. The van der Waals surface area contributed by atoms with Gasteiger partial charge in [-0.25, -0.2) is 4.79 Å². The van der Waals surface area contributed by atoms with Gasteiger partial charge in [0.15, 0.2) is 0 Å². The van der Waals surface area contributed by atoms with Crippen LogP contribution < -0.4 is 22.5 Å². The number of primary amides is 1. The number of nitrogens with one attached hydrogen (secondary N) is 1. The summed E-state index contributed by atoms with van der Waals surface area (Å²) in [7, 11) is 0. The highest BCUT2D eigenvalue weighted by Crippen LogP contribution is 2.43. The zero-order chi connectivity index (χ0) is 13.6. The van der Waals surface area contributed by atoms with E-state index in [4.69, 9.17) is 17.2 Å². The van der Waals surface area contributed by atoms with Crippen LogP contribution in [0.25, 0.3) is 20.2 Å². The molecule has 0 spiro atoms. The maximum atomic E-state index is 11.0. The Morgan fingerprint density at radius 2 is 1.95 bits per heavy atom. The number of carbonyl (C=O) groups is 1. The number of carbonyl (C=O) groups excluding carboxylic acids is 1. The van der Waals surface area contributed by atoms with Crippen LogP contribution in [-0.4, -0.2) is 6.03 Å². The highest BCUT2D eigenvalue weighted by atomic mass is 32.1. The van der Waals surface area contributed by atoms with Crippen LogP contribution >= 0.6 is 11.3 Å². The minimum atomic E-state index is -0.661. The molecular weight excluding hydrogens is 260 g/mol. The monoisotopic (exact) mass is 272 g/mol. The molecule has 0 saturated carbocycles. The molecule has 1 aromatic heterocycles. The van der Waals surface area contributed by atoms with Gasteiger partial charge in [0.25, 0.3) is 0 Å². The SMILES string of the molecule is NC(=O)Nc1cc(N)c2c(sc3ccccc32)c1N. The first-order valence-corrected chi connectivity index (χ1v) is 6.45. The van der Waals surface area contributed by atoms with Gasteiger partial charge in [-0.2, -0.15) is 0 Å². The number of fused-ring (bicyclic) bond motifs is 3. The number of thiophene rings is 1. The first kappa shape index (κ1) is 11.6. The number of rotatable bonds is 1. The molecule has 3 aromatic rings. The van der Waals surface area contributed by atoms with Crippen LogP contribution in [0.4, 0.5) is 21.9 Å². The number of hydrogen-bond donors (Lipinski definition) is 4. The molecule has 6 heteroatoms. The molecule has 19 heavy (non-hydrogen) atoms. The standard InChI is InChI=1S/C13H12N4OS/c14-7-5-8(17-13(16)18)11(15)12-10(7)6-3-1-2-4-9(6)19-12/h1-5H,14-15H2,(H3,16,17,18). The molecule has 0 radical (unpaired) electrons. The Morgan fingerprint density at radius 1 is 1.21 bits per heavy atom. The number of benzene rings is 2. The van der Waals surface area contributed by atoms with Gasteiger partial charge in [0.05, 0.1) is 16.1 Å². The van der Waals surface area contributed by atoms with Gasteiger partial charge in [0.2, 0.25) is 0 Å². The number of amides is 2. The van der Waals surface area contributed by atoms with Crippen LogP contribution in [0, 0.1) is 0 Å². The Morgan fingerprint density at radius 3 is 2.68 bits per heavy atom. The maximum Gasteiger partial charge on any atom is 0.316 e. The summed E-state index contributed by atoms with van der Waals surface area (Å²) in [6.45, 7) is 0. The van der Waals surface area contributed by atoms with Crippen molar-refractivity contribution in [2.24, 2.45) is 5.73 Å². The topological polar surface area (TPSA) is 107 Å². The summed E-state index contributed by atoms with van der Waals surface area (Å²) in [6, 6.07) is 8.92. The number of nitrogen functional groups attached to an aromatic ring is 2. The summed E-state index contributed by atoms with van der Waals surface area (Å²) in [5.41, 5.74) is 18.8. The highest BCUT2D eigenvalue weighted by Gasteiger charge is 2.14. The van der Waals surface area contributed by atoms with E-state index < -0.39 is 6.03 Å². The van der Waals surface area contributed by atoms with Crippen molar-refractivity contribution in [3.8, 4) is 0 Å². The third-order valence-electron chi connectivity index (χ3n) is 2.98. The summed E-state index contributed by atoms with van der Waals surface area (Å²) in [4.78, 5) is 11.0. The average Bonchev–Trinajstić information content (AvgIpc) is 2.75. The lowest BCUT2D eigenvalue weighted by Crippen LogP contribution is -2.20. The average molecular weight is 272 g/mol. The molecule has 2 aromatic carbocycles. The number of urea groups is 1. The fourth-order valence-corrected chi connectivity index (χ4v) is 3.38. The minimum absolute atomic E-state index is 0.448. The van der Waals surface area contributed by atoms with Gasteiger partial charge in [-0.05, 0) is 12.1 Å². The third-order valence-corrected chi connectivity index (χ3v) is 4.18. The molecule has 0 aliphatic heterocycles. The van der Waals surface area contributed by atoms with Gasteiger partial charge in [-0.1, -0.05) is 18.2 Å². The van der Waals surface area contributed by atoms with E-state index in [1.54, 1.807) is 17.4 Å². The normalized spacial score (nSPS) is 10.9. The Hall–Kier alpha value is -2.47. The van der Waals surface area contributed by atoms with Crippen molar-refractivity contribution in [3.63, 3.8) is 0 Å². The molecule has 0 fully saturated rings. The van der Waals surface area contributed by atoms with Crippen molar-refractivity contribution in [2.45, 2.75) is 0 Å². The van der Waals surface area contributed by atoms with Crippen molar-refractivity contribution in [1.29, 1.82) is 0 Å². The van der Waals surface area contributed by atoms with Gasteiger partial charge in [-0.3, -0.25) is 0 Å². The fraction of sp³-hybridized carbons (Fsp3) is 0. The predicted molar refractivity (Wildman–Crippen MR) is 81.4 cm³/mol. The summed E-state index contributed by atoms with van der Waals surface area (Å²) in [5.74, 6) is 0. The zero-order valence-electron chi connectivity index (χ0n) is 9.94. The Labute approximate surface area is 113 Å². The van der Waals surface area contributed by atoms with E-state index in [0.717, 1.165) is 20.2 Å². The van der Waals surface area contributed by atoms with Gasteiger partial charge in [0, 0.05) is 21.2 Å². The molecule has 7 N–H and O–H groups in total. The molecule has 1 heterocycles. The van der Waals surface area contributed by atoms with E-state index in [1.807, 2.05) is 24.3 Å². The van der Waals surface area contributed by atoms with Crippen molar-refractivity contribution >= 4 is 54.6 Å². The molecule has 0 unspecified atom stereocenters. The number of nitrogens with two attached hydrogens (primary N) is 3. The molecule has 0 aliphatic rings. The largest absolute Gasteiger partial charge is 0.398 e. The van der Waals surface area contributed by atoms with E-state index in [0.29, 0.717) is 17.1 Å². The fourth-order valence-electron chi connectivity index (χ4n) is 2.19. The number of hydrogen-bond acceptors (Lipinski definition) is 4. The summed E-state index contributed by atoms with van der Waals surface area (Å²) in [5, 5.41) is 4.48. The van der Waals surface area contributed by atoms with E-state index in [2.05, 4.69) is 5.32 Å². The number of anilines is 3. The van der Waals surface area contributed by atoms with Crippen molar-refractivity contribution < 1.29 is 4.79 Å². The van der Waals surface area contributed by atoms with Crippen LogP contribution in [0.2, 0.25) is 0 Å². The first-order chi connectivity index (χ1) is 9.08. The maximum absolute atomic E-state index is 11.0. The Bertz CT molecular complexity index is 809. The molecule has 0 atom stereocenters. The van der Waals surface area contributed by atoms with E-state index in [1.165, 1.54) is 0 Å². The Kier molecular flexibility index (Phi) is 2.46. The van der Waals surface area contributed by atoms with Crippen molar-refractivity contribution in [3.05, 3.63) is 30.3 Å². The second-order valence-electron chi connectivity index (χ2n) is 4.22. The molecular formula is C13H12N4OS. The Balaban J connectivity index is 2.40.